The van der Waals surface area contributed by atoms with Gasteiger partial charge in [0.1, 0.15) is 11.1 Å². The van der Waals surface area contributed by atoms with Gasteiger partial charge in [-0.3, -0.25) is 14.5 Å². The van der Waals surface area contributed by atoms with Crippen molar-refractivity contribution < 1.29 is 14.3 Å². The number of nitrogens with one attached hydrogen (secondary N) is 1. The van der Waals surface area contributed by atoms with Crippen molar-refractivity contribution in [3.63, 3.8) is 0 Å². The van der Waals surface area contributed by atoms with Gasteiger partial charge in [0.15, 0.2) is 0 Å². The third kappa shape index (κ3) is 4.91. The van der Waals surface area contributed by atoms with Crippen molar-refractivity contribution in [3.05, 3.63) is 90.0 Å². The van der Waals surface area contributed by atoms with E-state index in [4.69, 9.17) is 4.74 Å². The van der Waals surface area contributed by atoms with E-state index < -0.39 is 0 Å². The molecule has 2 amide bonds. The van der Waals surface area contributed by atoms with Gasteiger partial charge in [0.25, 0.3) is 0 Å². The van der Waals surface area contributed by atoms with Crippen LogP contribution in [0.1, 0.15) is 23.4 Å². The van der Waals surface area contributed by atoms with Crippen LogP contribution in [-0.2, 0) is 16.0 Å². The molecule has 3 aromatic carbocycles. The molecule has 0 radical (unpaired) electrons. The Hall–Kier alpha value is -3.25. The van der Waals surface area contributed by atoms with E-state index in [0.29, 0.717) is 24.5 Å². The van der Waals surface area contributed by atoms with E-state index in [2.05, 4.69) is 5.32 Å². The van der Waals surface area contributed by atoms with Crippen LogP contribution < -0.4 is 15.0 Å². The quantitative estimate of drug-likeness (QED) is 0.568. The molecule has 6 heteroatoms. The number of nitrogens with zero attached hydrogens (tertiary/aromatic N) is 1. The number of ether oxygens (including phenoxy) is 1. The van der Waals surface area contributed by atoms with Crippen molar-refractivity contribution in [2.75, 3.05) is 22.6 Å². The van der Waals surface area contributed by atoms with Crippen molar-refractivity contribution in [2.24, 2.45) is 0 Å². The second kappa shape index (κ2) is 9.71. The Morgan fingerprint density at radius 2 is 1.84 bits per heavy atom. The molecule has 1 N–H and O–H groups in total. The number of hydrogen-bond acceptors (Lipinski definition) is 4. The van der Waals surface area contributed by atoms with Gasteiger partial charge < -0.3 is 10.1 Å². The summed E-state index contributed by atoms with van der Waals surface area (Å²) in [5, 5.41) is 2.79. The summed E-state index contributed by atoms with van der Waals surface area (Å²) in [6, 6.07) is 24.9. The Bertz CT molecular complexity index is 1070. The van der Waals surface area contributed by atoms with Gasteiger partial charge in [0.05, 0.1) is 24.5 Å². The number of para-hydroxylation sites is 2. The van der Waals surface area contributed by atoms with Gasteiger partial charge in [-0.2, -0.15) is 0 Å². The lowest BCUT2D eigenvalue weighted by Gasteiger charge is -2.26. The van der Waals surface area contributed by atoms with Crippen molar-refractivity contribution in [1.29, 1.82) is 0 Å². The average Bonchev–Trinajstić information content (AvgIpc) is 3.16. The summed E-state index contributed by atoms with van der Waals surface area (Å²) in [4.78, 5) is 27.0. The Morgan fingerprint density at radius 3 is 2.65 bits per heavy atom. The molecule has 0 aromatic heterocycles. The molecule has 1 atom stereocenters. The fourth-order valence-corrected chi connectivity index (χ4v) is 4.78. The largest absolute Gasteiger partial charge is 0.492 e. The minimum Gasteiger partial charge on any atom is -0.492 e. The minimum absolute atomic E-state index is 0.0423. The molecule has 0 saturated carbocycles. The highest BCUT2D eigenvalue weighted by molar-refractivity contribution is 8.00. The van der Waals surface area contributed by atoms with Crippen LogP contribution in [0.3, 0.4) is 0 Å². The van der Waals surface area contributed by atoms with Crippen LogP contribution in [0.2, 0.25) is 0 Å². The van der Waals surface area contributed by atoms with Crippen molar-refractivity contribution in [3.8, 4) is 5.75 Å². The monoisotopic (exact) mass is 432 g/mol. The van der Waals surface area contributed by atoms with Crippen LogP contribution >= 0.6 is 11.8 Å². The van der Waals surface area contributed by atoms with E-state index in [0.717, 1.165) is 22.5 Å². The van der Waals surface area contributed by atoms with E-state index in [-0.39, 0.29) is 17.2 Å². The number of hydrogen-bond donors (Lipinski definition) is 1. The van der Waals surface area contributed by atoms with Gasteiger partial charge in [-0.15, -0.1) is 11.8 Å². The summed E-state index contributed by atoms with van der Waals surface area (Å²) in [7, 11) is 0. The summed E-state index contributed by atoms with van der Waals surface area (Å²) >= 11 is 1.57. The topological polar surface area (TPSA) is 58.6 Å². The van der Waals surface area contributed by atoms with Gasteiger partial charge in [-0.25, -0.2) is 0 Å². The Morgan fingerprint density at radius 1 is 1.06 bits per heavy atom. The van der Waals surface area contributed by atoms with Crippen LogP contribution in [0.15, 0.2) is 78.9 Å². The van der Waals surface area contributed by atoms with Gasteiger partial charge >= 0.3 is 0 Å². The number of rotatable bonds is 7. The number of anilines is 2. The summed E-state index contributed by atoms with van der Waals surface area (Å²) in [5.41, 5.74) is 3.41. The van der Waals surface area contributed by atoms with Gasteiger partial charge in [-0.05, 0) is 42.3 Å². The summed E-state index contributed by atoms with van der Waals surface area (Å²) in [6.07, 6.45) is 0.315. The van der Waals surface area contributed by atoms with Crippen molar-refractivity contribution in [2.45, 2.75) is 18.7 Å². The van der Waals surface area contributed by atoms with E-state index in [1.165, 1.54) is 0 Å². The number of carbonyl (C=O) groups is 2. The maximum absolute atomic E-state index is 12.8. The summed E-state index contributed by atoms with van der Waals surface area (Å²) in [6.45, 7) is 2.45. The molecule has 5 nitrogen and oxygen atoms in total. The molecule has 1 fully saturated rings. The number of carbonyl (C=O) groups excluding carboxylic acids is 2. The Kier molecular flexibility index (Phi) is 6.57. The zero-order valence-electron chi connectivity index (χ0n) is 17.3. The first-order valence-corrected chi connectivity index (χ1v) is 11.3. The molecule has 1 aliphatic heterocycles. The van der Waals surface area contributed by atoms with E-state index in [9.17, 15) is 9.59 Å². The lowest BCUT2D eigenvalue weighted by molar-refractivity contribution is -0.116. The maximum Gasteiger partial charge on any atom is 0.238 e. The fraction of sp³-hybridized carbons (Fsp3) is 0.200. The standard InChI is InChI=1S/C25H24N2O3S/c1-2-30-22-14-7-6-13-21(22)27-24(29)17-31-25(27)19-11-8-12-20(16-19)26-23(28)15-18-9-4-3-5-10-18/h3-14,16,25H,2,15,17H2,1H3,(H,26,28)/t25-/m1/s1. The molecule has 4 rings (SSSR count). The first-order valence-electron chi connectivity index (χ1n) is 10.2. The predicted molar refractivity (Wildman–Crippen MR) is 126 cm³/mol. The lowest BCUT2D eigenvalue weighted by atomic mass is 10.1. The molecule has 1 aliphatic rings. The average molecular weight is 433 g/mol. The van der Waals surface area contributed by atoms with E-state index in [1.807, 2.05) is 85.8 Å². The SMILES string of the molecule is CCOc1ccccc1N1C(=O)CS[C@@H]1c1cccc(NC(=O)Cc2ccccc2)c1. The number of benzene rings is 3. The Labute approximate surface area is 186 Å². The van der Waals surface area contributed by atoms with Crippen LogP contribution in [0.5, 0.6) is 5.75 Å². The lowest BCUT2D eigenvalue weighted by Crippen LogP contribution is -2.28. The summed E-state index contributed by atoms with van der Waals surface area (Å²) < 4.78 is 5.75. The smallest absolute Gasteiger partial charge is 0.238 e. The van der Waals surface area contributed by atoms with Crippen LogP contribution in [-0.4, -0.2) is 24.2 Å². The molecule has 0 aliphatic carbocycles. The highest BCUT2D eigenvalue weighted by Gasteiger charge is 2.35. The molecule has 0 unspecified atom stereocenters. The first kappa shape index (κ1) is 21.0. The molecule has 158 valence electrons. The first-order chi connectivity index (χ1) is 15.2. The second-order valence-electron chi connectivity index (χ2n) is 7.16. The van der Waals surface area contributed by atoms with Crippen LogP contribution in [0.25, 0.3) is 0 Å². The van der Waals surface area contributed by atoms with Crippen molar-refractivity contribution >= 4 is 35.0 Å². The molecular weight excluding hydrogens is 408 g/mol. The van der Waals surface area contributed by atoms with E-state index in [1.54, 1.807) is 16.7 Å². The zero-order chi connectivity index (χ0) is 21.6. The van der Waals surface area contributed by atoms with Crippen LogP contribution in [0, 0.1) is 0 Å². The third-order valence-corrected chi connectivity index (χ3v) is 6.17. The molecule has 3 aromatic rings. The molecular formula is C25H24N2O3S. The van der Waals surface area contributed by atoms with Crippen LogP contribution in [0.4, 0.5) is 11.4 Å². The molecule has 0 bridgehead atoms. The normalized spacial score (nSPS) is 15.7. The van der Waals surface area contributed by atoms with Gasteiger partial charge in [0.2, 0.25) is 11.8 Å². The maximum atomic E-state index is 12.8. The number of amides is 2. The third-order valence-electron chi connectivity index (χ3n) is 4.96. The predicted octanol–water partition coefficient (Wildman–Crippen LogP) is 5.05. The fourth-order valence-electron chi connectivity index (χ4n) is 3.62. The molecule has 1 saturated heterocycles. The summed E-state index contributed by atoms with van der Waals surface area (Å²) in [5.74, 6) is 1.06. The molecule has 0 spiro atoms. The minimum atomic E-state index is -0.180. The molecule has 1 heterocycles. The number of thioether (sulfide) groups is 1. The second-order valence-corrected chi connectivity index (χ2v) is 8.23. The molecule has 31 heavy (non-hydrogen) atoms. The van der Waals surface area contributed by atoms with Crippen molar-refractivity contribution in [1.82, 2.24) is 0 Å². The zero-order valence-corrected chi connectivity index (χ0v) is 18.1. The Balaban J connectivity index is 1.55. The van der Waals surface area contributed by atoms with Gasteiger partial charge in [-0.1, -0.05) is 54.6 Å². The highest BCUT2D eigenvalue weighted by atomic mass is 32.2. The van der Waals surface area contributed by atoms with Gasteiger partial charge in [0, 0.05) is 5.69 Å². The highest BCUT2D eigenvalue weighted by Crippen LogP contribution is 2.45. The van der Waals surface area contributed by atoms with E-state index >= 15 is 0 Å².